The van der Waals surface area contributed by atoms with Gasteiger partial charge in [-0.2, -0.15) is 0 Å². The molecule has 29 heavy (non-hydrogen) atoms. The Morgan fingerprint density at radius 3 is 2.72 bits per heavy atom. The molecule has 1 heterocycles. The molecule has 3 aromatic rings. The van der Waals surface area contributed by atoms with Gasteiger partial charge in [-0.15, -0.1) is 0 Å². The molecule has 0 saturated heterocycles. The molecule has 0 aliphatic heterocycles. The van der Waals surface area contributed by atoms with Gasteiger partial charge in [0.25, 0.3) is 0 Å². The summed E-state index contributed by atoms with van der Waals surface area (Å²) in [5, 5.41) is 0.243. The zero-order valence-electron chi connectivity index (χ0n) is 15.8. The van der Waals surface area contributed by atoms with Crippen LogP contribution in [0, 0.1) is 5.82 Å². The number of ether oxygens (including phenoxy) is 1. The first-order valence-electron chi connectivity index (χ1n) is 9.67. The first kappa shape index (κ1) is 19.5. The molecule has 0 bridgehead atoms. The maximum absolute atomic E-state index is 15.0. The van der Waals surface area contributed by atoms with Gasteiger partial charge in [-0.3, -0.25) is 4.79 Å². The van der Waals surface area contributed by atoms with Gasteiger partial charge in [0.1, 0.15) is 23.3 Å². The average Bonchev–Trinajstić information content (AvgIpc) is 3.09. The van der Waals surface area contributed by atoms with Crippen LogP contribution in [-0.4, -0.2) is 11.3 Å². The molecule has 0 amide bonds. The Labute approximate surface area is 174 Å². The lowest BCUT2D eigenvalue weighted by molar-refractivity contribution is 0.112. The summed E-state index contributed by atoms with van der Waals surface area (Å²) in [6.45, 7) is 0.362. The molecule has 1 atom stereocenters. The molecule has 0 fully saturated rings. The highest BCUT2D eigenvalue weighted by atomic mass is 35.5. The molecule has 1 aliphatic rings. The van der Waals surface area contributed by atoms with E-state index in [-0.39, 0.29) is 11.1 Å². The summed E-state index contributed by atoms with van der Waals surface area (Å²) in [5.74, 6) is 0.0607. The minimum Gasteiger partial charge on any atom is -0.489 e. The number of allylic oxidation sites excluding steroid dienone is 2. The lowest BCUT2D eigenvalue weighted by Crippen LogP contribution is -2.03. The predicted octanol–water partition coefficient (Wildman–Crippen LogP) is 6.69. The molecule has 0 spiro atoms. The van der Waals surface area contributed by atoms with Crippen molar-refractivity contribution in [2.24, 2.45) is 0 Å². The van der Waals surface area contributed by atoms with Gasteiger partial charge in [-0.05, 0) is 42.5 Å². The molecule has 2 aromatic carbocycles. The number of carbonyl (C=O) groups is 1. The second kappa shape index (κ2) is 8.66. The molecular formula is C24H21ClFNO2. The highest BCUT2D eigenvalue weighted by Gasteiger charge is 2.25. The van der Waals surface area contributed by atoms with Crippen molar-refractivity contribution < 1.29 is 13.9 Å². The molecule has 1 N–H and O–H groups in total. The summed E-state index contributed by atoms with van der Waals surface area (Å²) < 4.78 is 20.7. The first-order chi connectivity index (χ1) is 14.2. The summed E-state index contributed by atoms with van der Waals surface area (Å²) in [6, 6.07) is 14.5. The zero-order valence-corrected chi connectivity index (χ0v) is 16.6. The molecule has 0 saturated carbocycles. The molecule has 4 rings (SSSR count). The number of carbonyl (C=O) groups excluding carboxylic acids is 1. The van der Waals surface area contributed by atoms with Crippen LogP contribution in [0.25, 0.3) is 11.3 Å². The van der Waals surface area contributed by atoms with Crippen LogP contribution in [0.4, 0.5) is 4.39 Å². The predicted molar refractivity (Wildman–Crippen MR) is 113 cm³/mol. The molecule has 1 aliphatic carbocycles. The van der Waals surface area contributed by atoms with Crippen molar-refractivity contribution >= 4 is 17.9 Å². The zero-order chi connectivity index (χ0) is 20.2. The van der Waals surface area contributed by atoms with Crippen molar-refractivity contribution in [1.82, 2.24) is 4.98 Å². The van der Waals surface area contributed by atoms with Crippen LogP contribution < -0.4 is 4.74 Å². The third-order valence-corrected chi connectivity index (χ3v) is 5.53. The topological polar surface area (TPSA) is 42.1 Å². The van der Waals surface area contributed by atoms with Crippen molar-refractivity contribution in [3.8, 4) is 17.0 Å². The third kappa shape index (κ3) is 4.13. The molecule has 3 nitrogen and oxygen atoms in total. The van der Waals surface area contributed by atoms with Gasteiger partial charge in [0, 0.05) is 17.5 Å². The van der Waals surface area contributed by atoms with E-state index in [9.17, 15) is 4.79 Å². The molecule has 1 aromatic heterocycles. The van der Waals surface area contributed by atoms with Crippen LogP contribution >= 0.6 is 11.6 Å². The second-order valence-corrected chi connectivity index (χ2v) is 7.52. The van der Waals surface area contributed by atoms with Gasteiger partial charge in [0.05, 0.1) is 11.3 Å². The van der Waals surface area contributed by atoms with Crippen LogP contribution in [0.15, 0.2) is 60.7 Å². The number of hydrogen-bond acceptors (Lipinski definition) is 2. The largest absolute Gasteiger partial charge is 0.489 e. The van der Waals surface area contributed by atoms with Crippen molar-refractivity contribution in [2.45, 2.75) is 31.8 Å². The van der Waals surface area contributed by atoms with E-state index in [0.29, 0.717) is 29.2 Å². The summed E-state index contributed by atoms with van der Waals surface area (Å²) in [6.07, 6.45) is 7.87. The van der Waals surface area contributed by atoms with Crippen LogP contribution in [0.2, 0.25) is 5.15 Å². The number of benzene rings is 2. The number of hydrogen-bond donors (Lipinski definition) is 1. The van der Waals surface area contributed by atoms with Crippen LogP contribution in [0.5, 0.6) is 5.75 Å². The Balaban J connectivity index is 1.65. The quantitative estimate of drug-likeness (QED) is 0.364. The highest BCUT2D eigenvalue weighted by Crippen LogP contribution is 2.40. The lowest BCUT2D eigenvalue weighted by atomic mass is 9.86. The summed E-state index contributed by atoms with van der Waals surface area (Å²) >= 11 is 6.26. The Kier molecular flexibility index (Phi) is 5.81. The van der Waals surface area contributed by atoms with Gasteiger partial charge in [0.2, 0.25) is 0 Å². The van der Waals surface area contributed by atoms with E-state index >= 15 is 4.39 Å². The molecule has 5 heteroatoms. The van der Waals surface area contributed by atoms with Gasteiger partial charge in [-0.1, -0.05) is 54.1 Å². The highest BCUT2D eigenvalue weighted by molar-refractivity contribution is 6.32. The van der Waals surface area contributed by atoms with Crippen LogP contribution in [0.3, 0.4) is 0 Å². The number of aromatic amines is 1. The van der Waals surface area contributed by atoms with E-state index in [0.717, 1.165) is 36.7 Å². The molecular weight excluding hydrogens is 389 g/mol. The van der Waals surface area contributed by atoms with Crippen LogP contribution in [0.1, 0.15) is 46.7 Å². The van der Waals surface area contributed by atoms with Crippen molar-refractivity contribution in [1.29, 1.82) is 0 Å². The smallest absolute Gasteiger partial charge is 0.153 e. The summed E-state index contributed by atoms with van der Waals surface area (Å²) in [7, 11) is 0. The van der Waals surface area contributed by atoms with Crippen molar-refractivity contribution in [3.63, 3.8) is 0 Å². The Bertz CT molecular complexity index is 1040. The van der Waals surface area contributed by atoms with E-state index in [4.69, 9.17) is 16.3 Å². The fourth-order valence-electron chi connectivity index (χ4n) is 3.79. The SMILES string of the molecule is O=Cc1c(Cl)[nH]c(-c2ccc(OCc3ccccc3)cc2F)c1C1C=CCCC1. The van der Waals surface area contributed by atoms with Gasteiger partial charge < -0.3 is 9.72 Å². The number of halogens is 2. The maximum Gasteiger partial charge on any atom is 0.153 e. The van der Waals surface area contributed by atoms with E-state index in [1.807, 2.05) is 30.3 Å². The average molecular weight is 410 g/mol. The maximum atomic E-state index is 15.0. The van der Waals surface area contributed by atoms with Crippen molar-refractivity contribution in [2.75, 3.05) is 0 Å². The lowest BCUT2D eigenvalue weighted by Gasteiger charge is -2.18. The van der Waals surface area contributed by atoms with E-state index in [1.54, 1.807) is 12.1 Å². The van der Waals surface area contributed by atoms with E-state index in [2.05, 4.69) is 17.1 Å². The number of rotatable bonds is 6. The fourth-order valence-corrected chi connectivity index (χ4v) is 4.03. The Morgan fingerprint density at radius 1 is 1.21 bits per heavy atom. The Hall–Kier alpha value is -2.85. The number of nitrogens with one attached hydrogen (secondary N) is 1. The minimum atomic E-state index is -0.424. The Morgan fingerprint density at radius 2 is 2.03 bits per heavy atom. The van der Waals surface area contributed by atoms with Crippen molar-refractivity contribution in [3.05, 3.63) is 88.3 Å². The van der Waals surface area contributed by atoms with Gasteiger partial charge in [-0.25, -0.2) is 4.39 Å². The first-order valence-corrected chi connectivity index (χ1v) is 10.0. The van der Waals surface area contributed by atoms with Gasteiger partial charge >= 0.3 is 0 Å². The number of H-pyrrole nitrogens is 1. The molecule has 1 unspecified atom stereocenters. The van der Waals surface area contributed by atoms with E-state index < -0.39 is 5.82 Å². The van der Waals surface area contributed by atoms with Crippen LogP contribution in [-0.2, 0) is 6.61 Å². The summed E-state index contributed by atoms with van der Waals surface area (Å²) in [4.78, 5) is 14.7. The summed E-state index contributed by atoms with van der Waals surface area (Å²) in [5.41, 5.74) is 3.11. The number of aldehydes is 1. The standard InChI is InChI=1S/C24H21ClFNO2/c25-24-20(14-28)22(17-9-5-2-6-10-17)23(27-24)19-12-11-18(13-21(19)26)29-15-16-7-3-1-4-8-16/h1,3-5,7-9,11-14,17,27H,2,6,10,15H2. The normalized spacial score (nSPS) is 16.0. The van der Waals surface area contributed by atoms with Gasteiger partial charge in [0.15, 0.2) is 6.29 Å². The number of aromatic nitrogens is 1. The second-order valence-electron chi connectivity index (χ2n) is 7.14. The monoisotopic (exact) mass is 409 g/mol. The third-order valence-electron chi connectivity index (χ3n) is 5.23. The molecule has 148 valence electrons. The fraction of sp³-hybridized carbons (Fsp3) is 0.208. The minimum absolute atomic E-state index is 0.0381. The van der Waals surface area contributed by atoms with E-state index in [1.165, 1.54) is 6.07 Å². The molecule has 0 radical (unpaired) electrons.